The molecule has 0 aromatic heterocycles. The predicted octanol–water partition coefficient (Wildman–Crippen LogP) is 1.27. The summed E-state index contributed by atoms with van der Waals surface area (Å²) < 4.78 is 0. The number of hydrogen-bond acceptors (Lipinski definition) is 3. The van der Waals surface area contributed by atoms with E-state index in [1.807, 2.05) is 12.1 Å². The summed E-state index contributed by atoms with van der Waals surface area (Å²) in [4.78, 5) is 13.4. The largest absolute Gasteiger partial charge is 0.399 e. The third kappa shape index (κ3) is 5.19. The van der Waals surface area contributed by atoms with Gasteiger partial charge in [-0.05, 0) is 43.6 Å². The molecule has 4 heteroatoms. The number of benzene rings is 1. The minimum Gasteiger partial charge on any atom is -0.399 e. The monoisotopic (exact) mass is 249 g/mol. The number of amides is 1. The number of carbonyl (C=O) groups excluding carboxylic acids is 1. The molecule has 1 aromatic rings. The Morgan fingerprint density at radius 1 is 1.33 bits per heavy atom. The number of nitrogens with zero attached hydrogens (tertiary/aromatic N) is 1. The quantitative estimate of drug-likeness (QED) is 0.715. The van der Waals surface area contributed by atoms with Crippen LogP contribution in [0.5, 0.6) is 0 Å². The summed E-state index contributed by atoms with van der Waals surface area (Å²) in [6.45, 7) is 4.39. The van der Waals surface area contributed by atoms with Crippen LogP contribution in [0.1, 0.15) is 18.9 Å². The Hall–Kier alpha value is -1.55. The highest BCUT2D eigenvalue weighted by Crippen LogP contribution is 2.08. The lowest BCUT2D eigenvalue weighted by atomic mass is 10.1. The van der Waals surface area contributed by atoms with E-state index in [0.717, 1.165) is 31.6 Å². The van der Waals surface area contributed by atoms with Crippen LogP contribution in [-0.4, -0.2) is 37.5 Å². The molecule has 0 radical (unpaired) electrons. The van der Waals surface area contributed by atoms with Crippen molar-refractivity contribution in [3.63, 3.8) is 0 Å². The first-order chi connectivity index (χ1) is 8.65. The van der Waals surface area contributed by atoms with E-state index in [2.05, 4.69) is 29.3 Å². The average Bonchev–Trinajstić information content (AvgIpc) is 2.39. The molecule has 0 heterocycles. The minimum absolute atomic E-state index is 0.0735. The van der Waals surface area contributed by atoms with Crippen molar-refractivity contribution in [1.82, 2.24) is 10.2 Å². The lowest BCUT2D eigenvalue weighted by molar-refractivity contribution is -0.121. The van der Waals surface area contributed by atoms with E-state index >= 15 is 0 Å². The molecule has 18 heavy (non-hydrogen) atoms. The van der Waals surface area contributed by atoms with Crippen LogP contribution in [0.15, 0.2) is 24.3 Å². The van der Waals surface area contributed by atoms with Gasteiger partial charge in [0.2, 0.25) is 5.91 Å². The van der Waals surface area contributed by atoms with Gasteiger partial charge in [-0.25, -0.2) is 0 Å². The van der Waals surface area contributed by atoms with Crippen molar-refractivity contribution in [2.45, 2.75) is 19.8 Å². The van der Waals surface area contributed by atoms with Crippen LogP contribution in [0, 0.1) is 0 Å². The molecule has 4 nitrogen and oxygen atoms in total. The summed E-state index contributed by atoms with van der Waals surface area (Å²) in [5.41, 5.74) is 7.73. The van der Waals surface area contributed by atoms with Crippen LogP contribution < -0.4 is 11.1 Å². The van der Waals surface area contributed by atoms with Gasteiger partial charge in [0.1, 0.15) is 0 Å². The Balaban J connectivity index is 2.30. The molecule has 0 atom stereocenters. The van der Waals surface area contributed by atoms with Gasteiger partial charge in [-0.1, -0.05) is 19.1 Å². The molecule has 0 fully saturated rings. The van der Waals surface area contributed by atoms with Gasteiger partial charge in [0, 0.05) is 12.7 Å². The summed E-state index contributed by atoms with van der Waals surface area (Å²) >= 11 is 0. The number of aryl methyl sites for hydroxylation is 1. The van der Waals surface area contributed by atoms with Gasteiger partial charge in [0.25, 0.3) is 0 Å². The van der Waals surface area contributed by atoms with Crippen molar-refractivity contribution in [2.24, 2.45) is 0 Å². The molecular formula is C14H23N3O. The molecular weight excluding hydrogens is 226 g/mol. The van der Waals surface area contributed by atoms with Crippen molar-refractivity contribution in [1.29, 1.82) is 0 Å². The summed E-state index contributed by atoms with van der Waals surface area (Å²) in [6.07, 6.45) is 2.07. The Morgan fingerprint density at radius 3 is 2.56 bits per heavy atom. The fourth-order valence-corrected chi connectivity index (χ4v) is 1.82. The molecule has 100 valence electrons. The fraction of sp³-hybridized carbons (Fsp3) is 0.500. The number of nitrogens with one attached hydrogen (secondary N) is 1. The number of anilines is 1. The Morgan fingerprint density at radius 2 is 2.00 bits per heavy atom. The Bertz CT molecular complexity index is 362. The van der Waals surface area contributed by atoms with Crippen molar-refractivity contribution in [3.05, 3.63) is 29.8 Å². The Kier molecular flexibility index (Phi) is 6.22. The molecule has 0 aliphatic rings. The van der Waals surface area contributed by atoms with Gasteiger partial charge in [-0.2, -0.15) is 0 Å². The summed E-state index contributed by atoms with van der Waals surface area (Å²) in [7, 11) is 1.67. The molecule has 0 bridgehead atoms. The normalized spacial score (nSPS) is 10.6. The maximum Gasteiger partial charge on any atom is 0.233 e. The molecule has 0 saturated carbocycles. The number of nitrogens with two attached hydrogens (primary N) is 1. The maximum atomic E-state index is 11.3. The second-order valence-electron chi connectivity index (χ2n) is 4.39. The van der Waals surface area contributed by atoms with Crippen molar-refractivity contribution in [2.75, 3.05) is 32.4 Å². The lowest BCUT2D eigenvalue weighted by Gasteiger charge is -2.19. The van der Waals surface area contributed by atoms with E-state index in [0.29, 0.717) is 6.54 Å². The van der Waals surface area contributed by atoms with E-state index in [1.165, 1.54) is 5.56 Å². The highest BCUT2D eigenvalue weighted by molar-refractivity contribution is 5.77. The third-order valence-corrected chi connectivity index (χ3v) is 3.01. The highest BCUT2D eigenvalue weighted by Gasteiger charge is 2.06. The summed E-state index contributed by atoms with van der Waals surface area (Å²) in [6, 6.07) is 7.98. The first-order valence-electron chi connectivity index (χ1n) is 6.43. The maximum absolute atomic E-state index is 11.3. The molecule has 0 aliphatic carbocycles. The molecule has 1 rings (SSSR count). The zero-order valence-electron chi connectivity index (χ0n) is 11.3. The van der Waals surface area contributed by atoms with Crippen LogP contribution in [0.25, 0.3) is 0 Å². The van der Waals surface area contributed by atoms with Gasteiger partial charge in [-0.3, -0.25) is 9.69 Å². The first kappa shape index (κ1) is 14.5. The fourth-order valence-electron chi connectivity index (χ4n) is 1.82. The van der Waals surface area contributed by atoms with Crippen LogP contribution in [-0.2, 0) is 11.2 Å². The highest BCUT2D eigenvalue weighted by atomic mass is 16.1. The zero-order chi connectivity index (χ0) is 13.4. The zero-order valence-corrected chi connectivity index (χ0v) is 11.3. The number of likely N-dealkylation sites (N-methyl/N-ethyl adjacent to an activating group) is 2. The molecule has 0 aliphatic heterocycles. The van der Waals surface area contributed by atoms with Gasteiger partial charge in [0.05, 0.1) is 6.54 Å². The van der Waals surface area contributed by atoms with E-state index in [1.54, 1.807) is 7.05 Å². The van der Waals surface area contributed by atoms with Gasteiger partial charge >= 0.3 is 0 Å². The number of carbonyl (C=O) groups is 1. The van der Waals surface area contributed by atoms with Crippen molar-refractivity contribution >= 4 is 11.6 Å². The lowest BCUT2D eigenvalue weighted by Crippen LogP contribution is -2.36. The number of hydrogen-bond donors (Lipinski definition) is 2. The van der Waals surface area contributed by atoms with E-state index in [-0.39, 0.29) is 5.91 Å². The third-order valence-electron chi connectivity index (χ3n) is 3.01. The summed E-state index contributed by atoms with van der Waals surface area (Å²) in [5.74, 6) is 0.0735. The van der Waals surface area contributed by atoms with Crippen LogP contribution in [0.3, 0.4) is 0 Å². The smallest absolute Gasteiger partial charge is 0.233 e. The van der Waals surface area contributed by atoms with E-state index < -0.39 is 0 Å². The van der Waals surface area contributed by atoms with Crippen molar-refractivity contribution < 1.29 is 4.79 Å². The standard InChI is InChI=1S/C14H23N3O/c1-3-17(11-14(18)16-2)10-4-5-12-6-8-13(15)9-7-12/h6-9H,3-5,10-11,15H2,1-2H3,(H,16,18). The second-order valence-corrected chi connectivity index (χ2v) is 4.39. The molecule has 0 saturated heterocycles. The van der Waals surface area contributed by atoms with Crippen LogP contribution in [0.4, 0.5) is 5.69 Å². The van der Waals surface area contributed by atoms with Gasteiger partial charge in [0.15, 0.2) is 0 Å². The second kappa shape index (κ2) is 7.71. The molecule has 0 spiro atoms. The summed E-state index contributed by atoms with van der Waals surface area (Å²) in [5, 5.41) is 2.65. The van der Waals surface area contributed by atoms with Gasteiger partial charge in [-0.15, -0.1) is 0 Å². The molecule has 1 aromatic carbocycles. The minimum atomic E-state index is 0.0735. The van der Waals surface area contributed by atoms with Crippen LogP contribution >= 0.6 is 0 Å². The average molecular weight is 249 g/mol. The topological polar surface area (TPSA) is 58.4 Å². The van der Waals surface area contributed by atoms with Crippen LogP contribution in [0.2, 0.25) is 0 Å². The van der Waals surface area contributed by atoms with E-state index in [9.17, 15) is 4.79 Å². The Labute approximate surface area is 109 Å². The SMILES string of the molecule is CCN(CCCc1ccc(N)cc1)CC(=O)NC. The van der Waals surface area contributed by atoms with Gasteiger partial charge < -0.3 is 11.1 Å². The predicted molar refractivity (Wildman–Crippen MR) is 75.4 cm³/mol. The van der Waals surface area contributed by atoms with E-state index in [4.69, 9.17) is 5.73 Å². The number of rotatable bonds is 7. The molecule has 0 unspecified atom stereocenters. The van der Waals surface area contributed by atoms with Crippen molar-refractivity contribution in [3.8, 4) is 0 Å². The first-order valence-corrected chi connectivity index (χ1v) is 6.43. The number of nitrogen functional groups attached to an aromatic ring is 1. The molecule has 1 amide bonds. The molecule has 3 N–H and O–H groups in total.